The molecule has 1 nitrogen and oxygen atoms in total. The quantitative estimate of drug-likeness (QED) is 0.672. The van der Waals surface area contributed by atoms with Gasteiger partial charge in [-0.1, -0.05) is 22.9 Å². The van der Waals surface area contributed by atoms with Gasteiger partial charge in [-0.15, -0.1) is 11.8 Å². The molecule has 2 rings (SSSR count). The van der Waals surface area contributed by atoms with E-state index in [9.17, 15) is 0 Å². The van der Waals surface area contributed by atoms with Gasteiger partial charge in [-0.05, 0) is 59.6 Å². The molecular formula is C15H18BrNS2. The molecular weight excluding hydrogens is 338 g/mol. The smallest absolute Gasteiger partial charge is 0.0423 e. The number of hydrogen-bond donors (Lipinski definition) is 1. The van der Waals surface area contributed by atoms with E-state index < -0.39 is 0 Å². The van der Waals surface area contributed by atoms with Crippen LogP contribution in [0.3, 0.4) is 0 Å². The van der Waals surface area contributed by atoms with Crippen molar-refractivity contribution in [3.63, 3.8) is 0 Å². The van der Waals surface area contributed by atoms with Crippen LogP contribution in [0.2, 0.25) is 0 Å². The van der Waals surface area contributed by atoms with Gasteiger partial charge in [0.05, 0.1) is 0 Å². The molecule has 1 unspecified atom stereocenters. The molecule has 0 aliphatic heterocycles. The van der Waals surface area contributed by atoms with Crippen molar-refractivity contribution in [3.05, 3.63) is 51.1 Å². The van der Waals surface area contributed by atoms with Gasteiger partial charge in [0.1, 0.15) is 0 Å². The number of thioether (sulfide) groups is 1. The average molecular weight is 356 g/mol. The van der Waals surface area contributed by atoms with E-state index in [-0.39, 0.29) is 0 Å². The third kappa shape index (κ3) is 4.95. The lowest BCUT2D eigenvalue weighted by molar-refractivity contribution is 0.579. The summed E-state index contributed by atoms with van der Waals surface area (Å²) in [6.45, 7) is 3.28. The predicted octanol–water partition coefficient (Wildman–Crippen LogP) is 5.34. The van der Waals surface area contributed by atoms with E-state index in [4.69, 9.17) is 0 Å². The van der Waals surface area contributed by atoms with Crippen molar-refractivity contribution in [2.45, 2.75) is 24.3 Å². The summed E-state index contributed by atoms with van der Waals surface area (Å²) in [5, 5.41) is 8.03. The standard InChI is InChI=1S/C15H18BrNS2/c1-2-8-17-15(12-7-9-18-10-12)11-19-14-5-3-13(16)4-6-14/h3-7,9-10,15,17H,2,8,11H2,1H3. The summed E-state index contributed by atoms with van der Waals surface area (Å²) < 4.78 is 1.13. The first-order valence-electron chi connectivity index (χ1n) is 6.43. The Morgan fingerprint density at radius 1 is 1.26 bits per heavy atom. The van der Waals surface area contributed by atoms with E-state index in [0.717, 1.165) is 16.8 Å². The Morgan fingerprint density at radius 2 is 2.05 bits per heavy atom. The van der Waals surface area contributed by atoms with Crippen molar-refractivity contribution in [2.24, 2.45) is 0 Å². The van der Waals surface area contributed by atoms with Crippen molar-refractivity contribution in [2.75, 3.05) is 12.3 Å². The van der Waals surface area contributed by atoms with E-state index in [1.165, 1.54) is 16.9 Å². The maximum absolute atomic E-state index is 3.63. The number of hydrogen-bond acceptors (Lipinski definition) is 3. The van der Waals surface area contributed by atoms with Crippen LogP contribution in [-0.2, 0) is 0 Å². The van der Waals surface area contributed by atoms with E-state index in [0.29, 0.717) is 6.04 Å². The van der Waals surface area contributed by atoms with Gasteiger partial charge in [0, 0.05) is 21.2 Å². The molecule has 0 radical (unpaired) electrons. The van der Waals surface area contributed by atoms with Gasteiger partial charge in [0.15, 0.2) is 0 Å². The average Bonchev–Trinajstić information content (AvgIpc) is 2.95. The van der Waals surface area contributed by atoms with Gasteiger partial charge in [0.2, 0.25) is 0 Å². The molecule has 1 aromatic carbocycles. The molecule has 0 amide bonds. The predicted molar refractivity (Wildman–Crippen MR) is 90.2 cm³/mol. The molecule has 19 heavy (non-hydrogen) atoms. The summed E-state index contributed by atoms with van der Waals surface area (Å²) in [6.07, 6.45) is 1.17. The number of thiophene rings is 1. The van der Waals surface area contributed by atoms with Crippen molar-refractivity contribution in [3.8, 4) is 0 Å². The Kier molecular flexibility index (Phi) is 6.44. The second-order valence-electron chi connectivity index (χ2n) is 4.33. The van der Waals surface area contributed by atoms with Crippen molar-refractivity contribution in [1.82, 2.24) is 5.32 Å². The maximum Gasteiger partial charge on any atom is 0.0423 e. The topological polar surface area (TPSA) is 12.0 Å². The van der Waals surface area contributed by atoms with E-state index >= 15 is 0 Å². The lowest BCUT2D eigenvalue weighted by Crippen LogP contribution is -2.23. The molecule has 102 valence electrons. The van der Waals surface area contributed by atoms with Crippen LogP contribution in [0.4, 0.5) is 0 Å². The minimum atomic E-state index is 0.444. The normalized spacial score (nSPS) is 12.5. The molecule has 0 fully saturated rings. The summed E-state index contributed by atoms with van der Waals surface area (Å²) in [5.41, 5.74) is 1.41. The molecule has 0 saturated heterocycles. The molecule has 4 heteroatoms. The number of halogens is 1. The fraction of sp³-hybridized carbons (Fsp3) is 0.333. The van der Waals surface area contributed by atoms with Crippen LogP contribution < -0.4 is 5.32 Å². The largest absolute Gasteiger partial charge is 0.309 e. The molecule has 0 aliphatic carbocycles. The molecule has 1 N–H and O–H groups in total. The second-order valence-corrected chi connectivity index (χ2v) is 7.12. The second kappa shape index (κ2) is 8.10. The highest BCUT2D eigenvalue weighted by Crippen LogP contribution is 2.27. The Balaban J connectivity index is 1.94. The van der Waals surface area contributed by atoms with E-state index in [2.05, 4.69) is 69.3 Å². The Morgan fingerprint density at radius 3 is 2.68 bits per heavy atom. The molecule has 0 saturated carbocycles. The van der Waals surface area contributed by atoms with Crippen molar-refractivity contribution < 1.29 is 0 Å². The fourth-order valence-electron chi connectivity index (χ4n) is 1.78. The van der Waals surface area contributed by atoms with Gasteiger partial charge in [0.25, 0.3) is 0 Å². The molecule has 0 spiro atoms. The first-order chi connectivity index (χ1) is 9.29. The first-order valence-corrected chi connectivity index (χ1v) is 9.15. The molecule has 2 aromatic rings. The summed E-state index contributed by atoms with van der Waals surface area (Å²) in [7, 11) is 0. The van der Waals surface area contributed by atoms with Crippen LogP contribution in [0.25, 0.3) is 0 Å². The minimum Gasteiger partial charge on any atom is -0.309 e. The summed E-state index contributed by atoms with van der Waals surface area (Å²) >= 11 is 7.15. The zero-order valence-corrected chi connectivity index (χ0v) is 14.2. The molecule has 1 heterocycles. The van der Waals surface area contributed by atoms with Crippen molar-refractivity contribution in [1.29, 1.82) is 0 Å². The van der Waals surface area contributed by atoms with Gasteiger partial charge in [-0.2, -0.15) is 11.3 Å². The lowest BCUT2D eigenvalue weighted by atomic mass is 10.2. The highest BCUT2D eigenvalue weighted by Gasteiger charge is 2.11. The van der Waals surface area contributed by atoms with E-state index in [1.54, 1.807) is 11.3 Å². The summed E-state index contributed by atoms with van der Waals surface area (Å²) in [5.74, 6) is 1.07. The number of benzene rings is 1. The van der Waals surface area contributed by atoms with Crippen molar-refractivity contribution >= 4 is 39.0 Å². The van der Waals surface area contributed by atoms with Crippen LogP contribution in [0, 0.1) is 0 Å². The number of rotatable bonds is 7. The molecule has 0 bridgehead atoms. The number of nitrogens with one attached hydrogen (secondary N) is 1. The molecule has 0 aliphatic rings. The molecule has 1 aromatic heterocycles. The fourth-order valence-corrected chi connectivity index (χ4v) is 3.75. The van der Waals surface area contributed by atoms with Crippen LogP contribution in [0.1, 0.15) is 24.9 Å². The zero-order chi connectivity index (χ0) is 13.5. The Bertz CT molecular complexity index is 467. The molecule has 1 atom stereocenters. The third-order valence-corrected chi connectivity index (χ3v) is 5.15. The highest BCUT2D eigenvalue weighted by atomic mass is 79.9. The van der Waals surface area contributed by atoms with E-state index in [1.807, 2.05) is 11.8 Å². The summed E-state index contributed by atoms with van der Waals surface area (Å²) in [4.78, 5) is 1.32. The SMILES string of the molecule is CCCNC(CSc1ccc(Br)cc1)c1ccsc1. The monoisotopic (exact) mass is 355 g/mol. The van der Waals surface area contributed by atoms with Gasteiger partial charge in [-0.3, -0.25) is 0 Å². The third-order valence-electron chi connectivity index (χ3n) is 2.82. The Hall–Kier alpha value is -0.290. The lowest BCUT2D eigenvalue weighted by Gasteiger charge is -2.17. The van der Waals surface area contributed by atoms with Gasteiger partial charge in [-0.25, -0.2) is 0 Å². The van der Waals surface area contributed by atoms with Crippen LogP contribution in [-0.4, -0.2) is 12.3 Å². The minimum absolute atomic E-state index is 0.444. The van der Waals surface area contributed by atoms with Crippen LogP contribution in [0.5, 0.6) is 0 Å². The highest BCUT2D eigenvalue weighted by molar-refractivity contribution is 9.10. The zero-order valence-electron chi connectivity index (χ0n) is 10.9. The van der Waals surface area contributed by atoms with Gasteiger partial charge < -0.3 is 5.32 Å². The van der Waals surface area contributed by atoms with Crippen LogP contribution in [0.15, 0.2) is 50.5 Å². The first kappa shape index (κ1) is 15.1. The Labute approximate surface area is 131 Å². The van der Waals surface area contributed by atoms with Gasteiger partial charge >= 0.3 is 0 Å². The maximum atomic E-state index is 3.63. The summed E-state index contributed by atoms with van der Waals surface area (Å²) in [6, 6.07) is 11.2. The van der Waals surface area contributed by atoms with Crippen LogP contribution >= 0.6 is 39.0 Å².